The molecule has 4 aromatic carbocycles. The van der Waals surface area contributed by atoms with Crippen molar-refractivity contribution in [2.24, 2.45) is 0 Å². The molecule has 0 saturated heterocycles. The molecule has 11 nitrogen and oxygen atoms in total. The predicted molar refractivity (Wildman–Crippen MR) is 247 cm³/mol. The summed E-state index contributed by atoms with van der Waals surface area (Å²) in [6.45, 7) is 1.82. The van der Waals surface area contributed by atoms with Gasteiger partial charge in [0.1, 0.15) is 0 Å². The van der Waals surface area contributed by atoms with Gasteiger partial charge in [-0.2, -0.15) is 26.3 Å². The van der Waals surface area contributed by atoms with Crippen molar-refractivity contribution >= 4 is 80.4 Å². The Morgan fingerprint density at radius 2 is 0.954 bits per heavy atom. The van der Waals surface area contributed by atoms with Gasteiger partial charge in [0.15, 0.2) is 0 Å². The van der Waals surface area contributed by atoms with Gasteiger partial charge in [-0.25, -0.2) is 9.59 Å². The highest BCUT2D eigenvalue weighted by molar-refractivity contribution is 14.1. The van der Waals surface area contributed by atoms with E-state index >= 15 is 0 Å². The molecule has 0 unspecified atom stereocenters. The van der Waals surface area contributed by atoms with Crippen molar-refractivity contribution in [3.05, 3.63) is 149 Å². The minimum absolute atomic E-state index is 0.0116. The zero-order valence-electron chi connectivity index (χ0n) is 34.9. The van der Waals surface area contributed by atoms with Crippen LogP contribution in [0, 0.1) is 7.14 Å². The number of nitrogens with zero attached hydrogens (tertiary/aromatic N) is 5. The number of carbonyl (C=O) groups is 4. The zero-order valence-corrected chi connectivity index (χ0v) is 39.3. The fourth-order valence-corrected chi connectivity index (χ4v) is 9.56. The summed E-state index contributed by atoms with van der Waals surface area (Å²) >= 11 is 4.29. The Bertz CT molecular complexity index is 2440. The molecular formula is C46H42F6I2N7O4+. The molecule has 0 saturated carbocycles. The fourth-order valence-electron chi connectivity index (χ4n) is 8.84. The third kappa shape index (κ3) is 9.58. The van der Waals surface area contributed by atoms with Crippen LogP contribution in [0.25, 0.3) is 0 Å². The molecule has 340 valence electrons. The lowest BCUT2D eigenvalue weighted by atomic mass is 9.95. The number of hydrogen-bond acceptors (Lipinski definition) is 4. The summed E-state index contributed by atoms with van der Waals surface area (Å²) in [5.41, 5.74) is 0.652. The maximum atomic E-state index is 14.2. The highest BCUT2D eigenvalue weighted by atomic mass is 127. The van der Waals surface area contributed by atoms with E-state index in [-0.39, 0.29) is 47.4 Å². The first-order valence-corrected chi connectivity index (χ1v) is 22.8. The molecule has 0 aromatic heterocycles. The van der Waals surface area contributed by atoms with Crippen molar-refractivity contribution in [2.75, 3.05) is 63.2 Å². The summed E-state index contributed by atoms with van der Waals surface area (Å²) in [6, 6.07) is 20.6. The summed E-state index contributed by atoms with van der Waals surface area (Å²) in [5.74, 6) is -0.656. The van der Waals surface area contributed by atoms with Gasteiger partial charge in [-0.3, -0.25) is 19.4 Å². The van der Waals surface area contributed by atoms with E-state index in [4.69, 9.17) is 0 Å². The van der Waals surface area contributed by atoms with E-state index in [2.05, 4.69) is 55.8 Å². The topological polar surface area (TPSA) is 105 Å². The predicted octanol–water partition coefficient (Wildman–Crippen LogP) is 9.22. The monoisotopic (exact) mass is 1120 g/mol. The van der Waals surface area contributed by atoms with Crippen LogP contribution in [-0.2, 0) is 21.9 Å². The summed E-state index contributed by atoms with van der Waals surface area (Å²) in [5, 5.41) is 5.72. The van der Waals surface area contributed by atoms with Crippen molar-refractivity contribution in [2.45, 2.75) is 37.3 Å². The molecule has 2 N–H and O–H groups in total. The molecule has 0 bridgehead atoms. The van der Waals surface area contributed by atoms with E-state index in [0.29, 0.717) is 66.0 Å². The second-order valence-electron chi connectivity index (χ2n) is 16.9. The van der Waals surface area contributed by atoms with Gasteiger partial charge in [-0.15, -0.1) is 0 Å². The normalized spacial score (nSPS) is 19.3. The molecule has 8 rings (SSSR count). The second-order valence-corrected chi connectivity index (χ2v) is 19.4. The number of hydrogen-bond donors (Lipinski definition) is 2. The van der Waals surface area contributed by atoms with Crippen LogP contribution in [-0.4, -0.2) is 91.5 Å². The number of carbonyl (C=O) groups excluding carboxylic acids is 4. The highest BCUT2D eigenvalue weighted by Gasteiger charge is 2.47. The molecule has 0 spiro atoms. The lowest BCUT2D eigenvalue weighted by Gasteiger charge is -2.34. The molecule has 4 aromatic rings. The first-order chi connectivity index (χ1) is 30.7. The number of urea groups is 2. The SMILES string of the molecule is C[N+](C)(CCCN1CC2=C(C1=O)[C@@H](c1ccc(I)cc1)NC(=O)N2c1cccc(C(F)(F)F)c1)CCCN1CC2=C(C1=O)[C@@H](c1ccc(I)cc1)NC(=O)N2c1cccc(C(F)(F)F)c1. The smallest absolute Gasteiger partial charge is 0.333 e. The summed E-state index contributed by atoms with van der Waals surface area (Å²) < 4.78 is 85.0. The number of rotatable bonds is 12. The van der Waals surface area contributed by atoms with Crippen LogP contribution in [0.2, 0.25) is 0 Å². The Hall–Kier alpha value is -5.16. The molecule has 0 aliphatic carbocycles. The third-order valence-corrected chi connectivity index (χ3v) is 13.5. The van der Waals surface area contributed by atoms with Crippen LogP contribution in [0.3, 0.4) is 0 Å². The molecule has 4 heterocycles. The van der Waals surface area contributed by atoms with Crippen LogP contribution >= 0.6 is 45.2 Å². The van der Waals surface area contributed by atoms with Gasteiger partial charge in [0, 0.05) is 33.1 Å². The Morgan fingerprint density at radius 1 is 0.585 bits per heavy atom. The number of quaternary nitrogens is 1. The quantitative estimate of drug-likeness (QED) is 0.0839. The van der Waals surface area contributed by atoms with Crippen LogP contribution in [0.4, 0.5) is 47.3 Å². The molecule has 0 fully saturated rings. The summed E-state index contributed by atoms with van der Waals surface area (Å²) in [7, 11) is 4.03. The van der Waals surface area contributed by atoms with Crippen LogP contribution in [0.15, 0.2) is 120 Å². The number of benzene rings is 4. The van der Waals surface area contributed by atoms with E-state index in [1.807, 2.05) is 38.4 Å². The van der Waals surface area contributed by atoms with E-state index in [0.717, 1.165) is 41.2 Å². The van der Waals surface area contributed by atoms with E-state index in [1.54, 1.807) is 34.1 Å². The van der Waals surface area contributed by atoms with Crippen LogP contribution in [0.5, 0.6) is 0 Å². The molecule has 4 aliphatic rings. The maximum Gasteiger partial charge on any atom is 0.416 e. The number of alkyl halides is 6. The Balaban J connectivity index is 0.944. The van der Waals surface area contributed by atoms with Crippen LogP contribution < -0.4 is 20.4 Å². The Kier molecular flexibility index (Phi) is 12.8. The lowest BCUT2D eigenvalue weighted by molar-refractivity contribution is -0.890. The largest absolute Gasteiger partial charge is 0.416 e. The van der Waals surface area contributed by atoms with E-state index in [1.165, 1.54) is 24.3 Å². The Morgan fingerprint density at radius 3 is 1.31 bits per heavy atom. The van der Waals surface area contributed by atoms with Gasteiger partial charge in [0.25, 0.3) is 11.8 Å². The van der Waals surface area contributed by atoms with Crippen molar-refractivity contribution in [3.8, 4) is 0 Å². The summed E-state index contributed by atoms with van der Waals surface area (Å²) in [4.78, 5) is 61.4. The molecule has 2 atom stereocenters. The fraction of sp³-hybridized carbons (Fsp3) is 0.304. The number of anilines is 2. The lowest BCUT2D eigenvalue weighted by Crippen LogP contribution is -2.47. The average molecular weight is 1120 g/mol. The highest BCUT2D eigenvalue weighted by Crippen LogP contribution is 2.42. The first-order valence-electron chi connectivity index (χ1n) is 20.6. The van der Waals surface area contributed by atoms with Crippen molar-refractivity contribution in [1.29, 1.82) is 0 Å². The molecule has 4 aliphatic heterocycles. The zero-order chi connectivity index (χ0) is 46.6. The van der Waals surface area contributed by atoms with Crippen molar-refractivity contribution in [1.82, 2.24) is 20.4 Å². The minimum Gasteiger partial charge on any atom is -0.333 e. The molecule has 65 heavy (non-hydrogen) atoms. The molecule has 6 amide bonds. The van der Waals surface area contributed by atoms with Gasteiger partial charge >= 0.3 is 24.4 Å². The van der Waals surface area contributed by atoms with Crippen LogP contribution in [0.1, 0.15) is 47.2 Å². The summed E-state index contributed by atoms with van der Waals surface area (Å²) in [6.07, 6.45) is -8.22. The van der Waals surface area contributed by atoms with E-state index in [9.17, 15) is 45.5 Å². The second kappa shape index (κ2) is 17.9. The Labute approximate surface area is 398 Å². The third-order valence-electron chi connectivity index (χ3n) is 12.1. The number of amides is 6. The molecular weight excluding hydrogens is 1080 g/mol. The minimum atomic E-state index is -4.65. The number of halogens is 8. The first kappa shape index (κ1) is 46.4. The van der Waals surface area contributed by atoms with E-state index < -0.39 is 47.6 Å². The standard InChI is InChI=1S/C46H41F6I2N7O4/c1-61(2,21-5-19-57-25-35-37(41(57)62)39(27-11-15-31(53)16-12-27)55-43(64)59(35)33-9-3-7-29(23-33)45(47,48)49)22-6-20-58-26-36-38(42(58)63)40(28-13-17-32(54)18-14-28)56-44(65)60(36)34-10-4-8-30(24-34)46(50,51)52/h3-4,7-18,23-24,39-40H,5-6,19-22,25-26H2,1-2H3,(H-,55,56,64,65)/p+1/t39-,40-/m1/s1. The molecule has 0 radical (unpaired) electrons. The van der Waals surface area contributed by atoms with Gasteiger partial charge in [0.05, 0.1) is 97.4 Å². The average Bonchev–Trinajstić information content (AvgIpc) is 3.74. The van der Waals surface area contributed by atoms with Gasteiger partial charge in [-0.05, 0) is 117 Å². The van der Waals surface area contributed by atoms with Crippen molar-refractivity contribution in [3.63, 3.8) is 0 Å². The maximum absolute atomic E-state index is 14.2. The van der Waals surface area contributed by atoms with Gasteiger partial charge < -0.3 is 24.9 Å². The number of nitrogens with one attached hydrogen (secondary N) is 2. The molecule has 19 heteroatoms. The van der Waals surface area contributed by atoms with Gasteiger partial charge in [0.2, 0.25) is 0 Å². The van der Waals surface area contributed by atoms with Crippen molar-refractivity contribution < 1.29 is 50.0 Å². The van der Waals surface area contributed by atoms with Gasteiger partial charge in [-0.1, -0.05) is 36.4 Å².